The number of ether oxygens (including phenoxy) is 3. The van der Waals surface area contributed by atoms with Gasteiger partial charge in [0.05, 0.1) is 13.2 Å². The molecule has 1 aliphatic rings. The third-order valence-electron chi connectivity index (χ3n) is 5.58. The predicted molar refractivity (Wildman–Crippen MR) is 143 cm³/mol. The minimum Gasteiger partial charge on any atom is -0.493 e. The molecule has 0 radical (unpaired) electrons. The van der Waals surface area contributed by atoms with Gasteiger partial charge in [-0.3, -0.25) is 14.9 Å². The van der Waals surface area contributed by atoms with Crippen molar-refractivity contribution in [1.82, 2.24) is 5.32 Å². The summed E-state index contributed by atoms with van der Waals surface area (Å²) in [6.45, 7) is 5.05. The average Bonchev–Trinajstić information content (AvgIpc) is 3.20. The summed E-state index contributed by atoms with van der Waals surface area (Å²) >= 11 is 7.10. The molecule has 4 rings (SSSR count). The van der Waals surface area contributed by atoms with Gasteiger partial charge in [-0.25, -0.2) is 0 Å². The lowest BCUT2D eigenvalue weighted by Crippen LogP contribution is -2.20. The van der Waals surface area contributed by atoms with E-state index in [2.05, 4.69) is 12.2 Å². The Bertz CT molecular complexity index is 1250. The Kier molecular flexibility index (Phi) is 8.78. The van der Waals surface area contributed by atoms with Crippen LogP contribution in [0.3, 0.4) is 0 Å². The van der Waals surface area contributed by atoms with E-state index in [9.17, 15) is 9.59 Å². The second-order valence-corrected chi connectivity index (χ2v) is 9.92. The zero-order chi connectivity index (χ0) is 25.5. The van der Waals surface area contributed by atoms with Crippen molar-refractivity contribution in [1.29, 1.82) is 0 Å². The summed E-state index contributed by atoms with van der Waals surface area (Å²) in [6, 6.07) is 18.8. The van der Waals surface area contributed by atoms with Crippen LogP contribution < -0.4 is 19.5 Å². The Morgan fingerprint density at radius 3 is 2.47 bits per heavy atom. The Balaban J connectivity index is 1.29. The van der Waals surface area contributed by atoms with Gasteiger partial charge in [0.15, 0.2) is 0 Å². The maximum Gasteiger partial charge on any atom is 0.286 e. The predicted octanol–water partition coefficient (Wildman–Crippen LogP) is 7.27. The fraction of sp³-hybridized carbons (Fsp3) is 0.286. The number of benzene rings is 3. The van der Waals surface area contributed by atoms with Crippen molar-refractivity contribution in [3.05, 3.63) is 82.4 Å². The number of halogens is 1. The SMILES string of the molecule is CCCc1cc(Oc2ccc(Cl)c(C)c2)ccc1OCCCOc1cccc(C2SC(=O)NC2=O)c1. The zero-order valence-electron chi connectivity index (χ0n) is 20.2. The van der Waals surface area contributed by atoms with Gasteiger partial charge in [0.25, 0.3) is 5.24 Å². The van der Waals surface area contributed by atoms with Crippen molar-refractivity contribution in [2.45, 2.75) is 38.4 Å². The number of nitrogens with one attached hydrogen (secondary N) is 1. The molecule has 188 valence electrons. The lowest BCUT2D eigenvalue weighted by molar-refractivity contribution is -0.119. The highest BCUT2D eigenvalue weighted by molar-refractivity contribution is 8.15. The lowest BCUT2D eigenvalue weighted by atomic mass is 10.1. The van der Waals surface area contributed by atoms with Gasteiger partial charge < -0.3 is 14.2 Å². The fourth-order valence-electron chi connectivity index (χ4n) is 3.82. The molecule has 1 unspecified atom stereocenters. The van der Waals surface area contributed by atoms with Gasteiger partial charge in [-0.15, -0.1) is 0 Å². The van der Waals surface area contributed by atoms with E-state index in [4.69, 9.17) is 25.8 Å². The van der Waals surface area contributed by atoms with Crippen molar-refractivity contribution in [3.8, 4) is 23.0 Å². The largest absolute Gasteiger partial charge is 0.493 e. The monoisotopic (exact) mass is 525 g/mol. The van der Waals surface area contributed by atoms with E-state index >= 15 is 0 Å². The number of carbonyl (C=O) groups excluding carboxylic acids is 2. The van der Waals surface area contributed by atoms with E-state index < -0.39 is 5.25 Å². The number of hydrogen-bond acceptors (Lipinski definition) is 6. The molecule has 8 heteroatoms. The van der Waals surface area contributed by atoms with E-state index in [0.29, 0.717) is 30.4 Å². The number of amides is 2. The molecule has 1 atom stereocenters. The first-order valence-electron chi connectivity index (χ1n) is 11.9. The highest BCUT2D eigenvalue weighted by Crippen LogP contribution is 2.35. The van der Waals surface area contributed by atoms with Crippen LogP contribution in [0, 0.1) is 6.92 Å². The van der Waals surface area contributed by atoms with Crippen molar-refractivity contribution < 1.29 is 23.8 Å². The molecular weight excluding hydrogens is 498 g/mol. The third kappa shape index (κ3) is 6.74. The molecule has 0 spiro atoms. The molecule has 0 aliphatic carbocycles. The summed E-state index contributed by atoms with van der Waals surface area (Å²) in [5, 5.41) is 2.17. The van der Waals surface area contributed by atoms with E-state index in [0.717, 1.165) is 58.5 Å². The van der Waals surface area contributed by atoms with E-state index in [1.807, 2.05) is 61.5 Å². The van der Waals surface area contributed by atoms with Crippen LogP contribution in [0.25, 0.3) is 0 Å². The minimum absolute atomic E-state index is 0.293. The number of aryl methyl sites for hydroxylation is 2. The molecule has 1 fully saturated rings. The molecule has 0 aromatic heterocycles. The first-order valence-corrected chi connectivity index (χ1v) is 13.1. The number of hydrogen-bond donors (Lipinski definition) is 1. The van der Waals surface area contributed by atoms with Crippen LogP contribution in [-0.2, 0) is 11.2 Å². The first-order chi connectivity index (χ1) is 17.4. The second kappa shape index (κ2) is 12.2. The van der Waals surface area contributed by atoms with Gasteiger partial charge in [-0.05, 0) is 90.3 Å². The molecule has 1 aliphatic heterocycles. The van der Waals surface area contributed by atoms with Crippen molar-refractivity contribution in [2.24, 2.45) is 0 Å². The summed E-state index contributed by atoms with van der Waals surface area (Å²) in [6.07, 6.45) is 2.56. The maximum absolute atomic E-state index is 11.9. The Morgan fingerprint density at radius 1 is 0.944 bits per heavy atom. The van der Waals surface area contributed by atoms with Gasteiger partial charge in [0.2, 0.25) is 5.91 Å². The number of carbonyl (C=O) groups is 2. The summed E-state index contributed by atoms with van der Waals surface area (Å²) in [7, 11) is 0. The summed E-state index contributed by atoms with van der Waals surface area (Å²) in [4.78, 5) is 23.4. The van der Waals surface area contributed by atoms with Crippen LogP contribution in [-0.4, -0.2) is 24.4 Å². The number of rotatable bonds is 11. The van der Waals surface area contributed by atoms with Gasteiger partial charge in [0, 0.05) is 11.4 Å². The van der Waals surface area contributed by atoms with Gasteiger partial charge in [-0.2, -0.15) is 0 Å². The van der Waals surface area contributed by atoms with Crippen LogP contribution in [0.4, 0.5) is 4.79 Å². The highest BCUT2D eigenvalue weighted by atomic mass is 35.5. The summed E-state index contributed by atoms with van der Waals surface area (Å²) < 4.78 is 17.9. The minimum atomic E-state index is -0.531. The maximum atomic E-state index is 11.9. The average molecular weight is 526 g/mol. The van der Waals surface area contributed by atoms with Gasteiger partial charge in [0.1, 0.15) is 28.2 Å². The molecule has 1 saturated heterocycles. The van der Waals surface area contributed by atoms with E-state index in [-0.39, 0.29) is 11.1 Å². The van der Waals surface area contributed by atoms with Gasteiger partial charge >= 0.3 is 0 Å². The molecule has 6 nitrogen and oxygen atoms in total. The van der Waals surface area contributed by atoms with Crippen LogP contribution in [0.5, 0.6) is 23.0 Å². The number of thioether (sulfide) groups is 1. The molecule has 3 aromatic rings. The normalized spacial score (nSPS) is 15.0. The van der Waals surface area contributed by atoms with Crippen LogP contribution in [0.1, 0.15) is 41.7 Å². The van der Waals surface area contributed by atoms with Crippen molar-refractivity contribution in [3.63, 3.8) is 0 Å². The quantitative estimate of drug-likeness (QED) is 0.265. The Labute approximate surface area is 220 Å². The standard InChI is InChI=1S/C28H28ClNO5S/c1-3-6-19-16-23(35-22-9-11-24(29)18(2)15-22)10-12-25(19)34-14-5-13-33-21-8-4-7-20(17-21)26-27(31)30-28(32)36-26/h4,7-12,15-17,26H,3,5-6,13-14H2,1-2H3,(H,30,31,32). The summed E-state index contributed by atoms with van der Waals surface area (Å²) in [5.74, 6) is 2.70. The molecule has 0 bridgehead atoms. The topological polar surface area (TPSA) is 73.9 Å². The zero-order valence-corrected chi connectivity index (χ0v) is 21.8. The summed E-state index contributed by atoms with van der Waals surface area (Å²) in [5.41, 5.74) is 2.81. The van der Waals surface area contributed by atoms with Crippen LogP contribution in [0.2, 0.25) is 5.02 Å². The molecule has 0 saturated carbocycles. The van der Waals surface area contributed by atoms with Gasteiger partial charge in [-0.1, -0.05) is 37.1 Å². The third-order valence-corrected chi connectivity index (χ3v) is 7.04. The molecule has 3 aromatic carbocycles. The molecule has 36 heavy (non-hydrogen) atoms. The van der Waals surface area contributed by atoms with Crippen LogP contribution >= 0.6 is 23.4 Å². The Morgan fingerprint density at radius 2 is 1.72 bits per heavy atom. The molecule has 1 N–H and O–H groups in total. The van der Waals surface area contributed by atoms with Crippen molar-refractivity contribution in [2.75, 3.05) is 13.2 Å². The molecular formula is C28H28ClNO5S. The van der Waals surface area contributed by atoms with Crippen molar-refractivity contribution >= 4 is 34.5 Å². The van der Waals surface area contributed by atoms with E-state index in [1.54, 1.807) is 6.07 Å². The number of imide groups is 1. The highest BCUT2D eigenvalue weighted by Gasteiger charge is 2.33. The van der Waals surface area contributed by atoms with E-state index in [1.165, 1.54) is 0 Å². The second-order valence-electron chi connectivity index (χ2n) is 8.43. The molecule has 2 amide bonds. The lowest BCUT2D eigenvalue weighted by Gasteiger charge is -2.14. The Hall–Kier alpha value is -3.16. The smallest absolute Gasteiger partial charge is 0.286 e. The fourth-order valence-corrected chi connectivity index (χ4v) is 4.76. The molecule has 1 heterocycles. The van der Waals surface area contributed by atoms with Crippen LogP contribution in [0.15, 0.2) is 60.7 Å². The first kappa shape index (κ1) is 25.9.